The molecule has 2 aromatic carbocycles. The third kappa shape index (κ3) is 5.93. The van der Waals surface area contributed by atoms with Gasteiger partial charge in [-0.15, -0.1) is 0 Å². The lowest BCUT2D eigenvalue weighted by Gasteiger charge is -2.36. The van der Waals surface area contributed by atoms with Gasteiger partial charge >= 0.3 is 0 Å². The minimum atomic E-state index is -0.335. The van der Waals surface area contributed by atoms with Gasteiger partial charge in [-0.3, -0.25) is 9.59 Å². The van der Waals surface area contributed by atoms with Crippen LogP contribution in [-0.4, -0.2) is 62.0 Å². The van der Waals surface area contributed by atoms with Gasteiger partial charge in [0.05, 0.1) is 20.1 Å². The van der Waals surface area contributed by atoms with Crippen LogP contribution < -0.4 is 14.8 Å². The van der Waals surface area contributed by atoms with Crippen LogP contribution in [0, 0.1) is 18.7 Å². The fourth-order valence-electron chi connectivity index (χ4n) is 4.94. The van der Waals surface area contributed by atoms with Crippen molar-refractivity contribution in [1.82, 2.24) is 9.80 Å². The topological polar surface area (TPSA) is 71.1 Å². The molecule has 35 heavy (non-hydrogen) atoms. The highest BCUT2D eigenvalue weighted by Gasteiger charge is 2.31. The van der Waals surface area contributed by atoms with Crippen molar-refractivity contribution in [2.45, 2.75) is 39.2 Å². The summed E-state index contributed by atoms with van der Waals surface area (Å²) in [7, 11) is 3.25. The number of methoxy groups -OCH3 is 2. The van der Waals surface area contributed by atoms with Crippen molar-refractivity contribution in [3.8, 4) is 11.5 Å². The van der Waals surface area contributed by atoms with Crippen LogP contribution in [0.15, 0.2) is 30.3 Å². The summed E-state index contributed by atoms with van der Waals surface area (Å²) >= 11 is 0. The Hall–Kier alpha value is -3.13. The molecule has 0 spiro atoms. The number of likely N-dealkylation sites (tertiary alicyclic amines) is 1. The van der Waals surface area contributed by atoms with E-state index in [2.05, 4.69) is 10.2 Å². The van der Waals surface area contributed by atoms with Crippen LogP contribution in [0.2, 0.25) is 0 Å². The van der Waals surface area contributed by atoms with Crippen LogP contribution in [0.1, 0.15) is 36.0 Å². The first kappa shape index (κ1) is 25.0. The molecule has 7 nitrogen and oxygen atoms in total. The van der Waals surface area contributed by atoms with Gasteiger partial charge in [-0.1, -0.05) is 6.07 Å². The number of ether oxygens (including phenoxy) is 2. The summed E-state index contributed by atoms with van der Waals surface area (Å²) < 4.78 is 24.6. The van der Waals surface area contributed by atoms with Crippen molar-refractivity contribution in [3.05, 3.63) is 52.8 Å². The number of hydrogen-bond acceptors (Lipinski definition) is 5. The molecule has 0 radical (unpaired) electrons. The Labute approximate surface area is 206 Å². The van der Waals surface area contributed by atoms with Crippen molar-refractivity contribution in [2.24, 2.45) is 5.92 Å². The number of aryl methyl sites for hydroxylation is 1. The first-order valence-corrected chi connectivity index (χ1v) is 12.2. The molecule has 2 heterocycles. The summed E-state index contributed by atoms with van der Waals surface area (Å²) in [5.74, 6) is 1.01. The van der Waals surface area contributed by atoms with Gasteiger partial charge in [0, 0.05) is 38.3 Å². The van der Waals surface area contributed by atoms with Gasteiger partial charge in [0.2, 0.25) is 11.8 Å². The van der Waals surface area contributed by atoms with Gasteiger partial charge in [-0.2, -0.15) is 0 Å². The quantitative estimate of drug-likeness (QED) is 0.649. The number of halogens is 1. The van der Waals surface area contributed by atoms with Gasteiger partial charge in [0.15, 0.2) is 11.5 Å². The number of anilines is 1. The standard InChI is InChI=1S/C27H34FN3O4/c1-18-6-7-22(15-23(18)28)29-26(32)9-11-30-10-4-5-20(16-30)27(33)31-12-8-19-13-24(34-2)25(35-3)14-21(19)17-31/h6-7,13-15,20H,4-5,8-12,16-17H2,1-3H3,(H,29,32). The van der Waals surface area contributed by atoms with Crippen LogP contribution >= 0.6 is 0 Å². The van der Waals surface area contributed by atoms with Gasteiger partial charge in [0.1, 0.15) is 5.82 Å². The van der Waals surface area contributed by atoms with Crippen molar-refractivity contribution in [1.29, 1.82) is 0 Å². The maximum Gasteiger partial charge on any atom is 0.227 e. The SMILES string of the molecule is COc1cc2c(cc1OC)CN(C(=O)C1CCCN(CCC(=O)Nc3ccc(C)c(F)c3)C1)CC2. The largest absolute Gasteiger partial charge is 0.493 e. The lowest BCUT2D eigenvalue weighted by Crippen LogP contribution is -2.46. The van der Waals surface area contributed by atoms with Gasteiger partial charge in [-0.05, 0) is 73.7 Å². The number of benzene rings is 2. The van der Waals surface area contributed by atoms with Crippen LogP contribution in [-0.2, 0) is 22.6 Å². The van der Waals surface area contributed by atoms with E-state index in [1.165, 1.54) is 11.6 Å². The number of rotatable bonds is 7. The van der Waals surface area contributed by atoms with Crippen LogP contribution in [0.4, 0.5) is 10.1 Å². The minimum absolute atomic E-state index is 0.0697. The Morgan fingerprint density at radius 2 is 1.83 bits per heavy atom. The Morgan fingerprint density at radius 1 is 1.09 bits per heavy atom. The molecule has 1 fully saturated rings. The van der Waals surface area contributed by atoms with Gasteiger partial charge in [-0.25, -0.2) is 4.39 Å². The van der Waals surface area contributed by atoms with Crippen molar-refractivity contribution in [2.75, 3.05) is 45.7 Å². The second kappa shape index (κ2) is 11.1. The average Bonchev–Trinajstić information content (AvgIpc) is 2.88. The second-order valence-corrected chi connectivity index (χ2v) is 9.39. The molecule has 2 aromatic rings. The third-order valence-corrected chi connectivity index (χ3v) is 7.00. The van der Waals surface area contributed by atoms with Crippen LogP contribution in [0.5, 0.6) is 11.5 Å². The summed E-state index contributed by atoms with van der Waals surface area (Å²) in [6, 6.07) is 8.67. The lowest BCUT2D eigenvalue weighted by molar-refractivity contribution is -0.138. The van der Waals surface area contributed by atoms with E-state index in [1.807, 2.05) is 17.0 Å². The average molecular weight is 484 g/mol. The van der Waals surface area contributed by atoms with Crippen molar-refractivity contribution >= 4 is 17.5 Å². The third-order valence-electron chi connectivity index (χ3n) is 7.00. The Bertz CT molecular complexity index is 1090. The van der Waals surface area contributed by atoms with E-state index in [0.29, 0.717) is 55.3 Å². The van der Waals surface area contributed by atoms with Gasteiger partial charge < -0.3 is 24.6 Å². The number of carbonyl (C=O) groups excluding carboxylic acids is 2. The molecule has 0 aromatic heterocycles. The first-order valence-electron chi connectivity index (χ1n) is 12.2. The molecule has 2 aliphatic heterocycles. The molecule has 188 valence electrons. The molecule has 1 atom stereocenters. The normalized spacial score (nSPS) is 18.1. The van der Waals surface area contributed by atoms with E-state index < -0.39 is 0 Å². The lowest BCUT2D eigenvalue weighted by atomic mass is 9.93. The smallest absolute Gasteiger partial charge is 0.227 e. The van der Waals surface area contributed by atoms with Crippen LogP contribution in [0.3, 0.4) is 0 Å². The molecule has 0 aliphatic carbocycles. The predicted molar refractivity (Wildman–Crippen MR) is 132 cm³/mol. The Balaban J connectivity index is 1.30. The van der Waals surface area contributed by atoms with E-state index in [0.717, 1.165) is 31.4 Å². The van der Waals surface area contributed by atoms with E-state index in [1.54, 1.807) is 33.3 Å². The molecule has 2 amide bonds. The van der Waals surface area contributed by atoms with E-state index in [9.17, 15) is 14.0 Å². The number of amides is 2. The molecular formula is C27H34FN3O4. The van der Waals surface area contributed by atoms with Gasteiger partial charge in [0.25, 0.3) is 0 Å². The Kier molecular flexibility index (Phi) is 7.90. The zero-order valence-electron chi connectivity index (χ0n) is 20.7. The highest BCUT2D eigenvalue weighted by atomic mass is 19.1. The highest BCUT2D eigenvalue weighted by Crippen LogP contribution is 2.34. The van der Waals surface area contributed by atoms with E-state index in [-0.39, 0.29) is 23.5 Å². The first-order chi connectivity index (χ1) is 16.9. The maximum atomic E-state index is 13.7. The fraction of sp³-hybridized carbons (Fsp3) is 0.481. The summed E-state index contributed by atoms with van der Waals surface area (Å²) in [5.41, 5.74) is 3.29. The monoisotopic (exact) mass is 483 g/mol. The summed E-state index contributed by atoms with van der Waals surface area (Å²) in [6.07, 6.45) is 2.88. The minimum Gasteiger partial charge on any atom is -0.493 e. The molecule has 1 saturated heterocycles. The second-order valence-electron chi connectivity index (χ2n) is 9.39. The molecule has 1 N–H and O–H groups in total. The molecule has 2 aliphatic rings. The molecule has 0 bridgehead atoms. The van der Waals surface area contributed by atoms with Crippen molar-refractivity contribution in [3.63, 3.8) is 0 Å². The number of piperidine rings is 1. The fourth-order valence-corrected chi connectivity index (χ4v) is 4.94. The summed E-state index contributed by atoms with van der Waals surface area (Å²) in [4.78, 5) is 29.9. The number of nitrogens with one attached hydrogen (secondary N) is 1. The molecular weight excluding hydrogens is 449 g/mol. The van der Waals surface area contributed by atoms with E-state index in [4.69, 9.17) is 9.47 Å². The predicted octanol–water partition coefficient (Wildman–Crippen LogP) is 3.78. The zero-order chi connectivity index (χ0) is 24.9. The van der Waals surface area contributed by atoms with Crippen LogP contribution in [0.25, 0.3) is 0 Å². The summed E-state index contributed by atoms with van der Waals surface area (Å²) in [6.45, 7) is 5.04. The number of nitrogens with zero attached hydrogens (tertiary/aromatic N) is 2. The summed E-state index contributed by atoms with van der Waals surface area (Å²) in [5, 5.41) is 2.76. The number of fused-ring (bicyclic) bond motifs is 1. The number of carbonyl (C=O) groups is 2. The molecule has 8 heteroatoms. The highest BCUT2D eigenvalue weighted by molar-refractivity contribution is 5.90. The Morgan fingerprint density at radius 3 is 2.54 bits per heavy atom. The van der Waals surface area contributed by atoms with E-state index >= 15 is 0 Å². The number of hydrogen-bond donors (Lipinski definition) is 1. The van der Waals surface area contributed by atoms with Crippen molar-refractivity contribution < 1.29 is 23.5 Å². The molecule has 4 rings (SSSR count). The maximum absolute atomic E-state index is 13.7. The zero-order valence-corrected chi connectivity index (χ0v) is 20.7. The molecule has 1 unspecified atom stereocenters. The molecule has 0 saturated carbocycles.